The number of allylic oxidation sites excluding steroid dienone is 4. The third-order valence-corrected chi connectivity index (χ3v) is 2.72. The largest absolute Gasteiger partial charge is 0.0781 e. The topological polar surface area (TPSA) is 0 Å². The van der Waals surface area contributed by atoms with Gasteiger partial charge in [-0.2, -0.15) is 0 Å². The van der Waals surface area contributed by atoms with Crippen molar-refractivity contribution in [3.63, 3.8) is 0 Å². The highest BCUT2D eigenvalue weighted by atomic mass is 14.4. The summed E-state index contributed by atoms with van der Waals surface area (Å²) < 4.78 is 0. The normalized spacial score (nSPS) is 30.8. The van der Waals surface area contributed by atoms with E-state index < -0.39 is 0 Å². The molecule has 1 fully saturated rings. The Morgan fingerprint density at radius 1 is 1.15 bits per heavy atom. The van der Waals surface area contributed by atoms with E-state index in [0.29, 0.717) is 5.92 Å². The number of rotatable bonds is 0. The van der Waals surface area contributed by atoms with Gasteiger partial charge in [-0.1, -0.05) is 30.2 Å². The van der Waals surface area contributed by atoms with Crippen LogP contribution in [0.25, 0.3) is 0 Å². The molecule has 5 radical (unpaired) electrons. The van der Waals surface area contributed by atoms with Crippen molar-refractivity contribution in [3.8, 4) is 0 Å². The maximum absolute atomic E-state index is 2.33. The van der Waals surface area contributed by atoms with E-state index in [1.54, 1.807) is 0 Å². The zero-order valence-electron chi connectivity index (χ0n) is 8.46. The van der Waals surface area contributed by atoms with Crippen LogP contribution in [-0.2, 0) is 0 Å². The van der Waals surface area contributed by atoms with Gasteiger partial charge in [0, 0.05) is 5.92 Å². The lowest BCUT2D eigenvalue weighted by Crippen LogP contribution is -2.11. The van der Waals surface area contributed by atoms with Crippen LogP contribution in [0.15, 0.2) is 23.3 Å². The Bertz CT molecular complexity index is 257. The van der Waals surface area contributed by atoms with Gasteiger partial charge in [0.05, 0.1) is 0 Å². The highest BCUT2D eigenvalue weighted by molar-refractivity contribution is 5.58. The molecule has 0 saturated heterocycles. The van der Waals surface area contributed by atoms with Crippen LogP contribution in [0.4, 0.5) is 0 Å². The number of hydrogen-bond acceptors (Lipinski definition) is 0. The average molecular weight is 171 g/mol. The summed E-state index contributed by atoms with van der Waals surface area (Å²) in [6, 6.07) is 0. The molecule has 2 aliphatic rings. The molecule has 1 atom stereocenters. The smallest absolute Gasteiger partial charge is 0.0119 e. The van der Waals surface area contributed by atoms with Gasteiger partial charge in [0.2, 0.25) is 0 Å². The summed E-state index contributed by atoms with van der Waals surface area (Å²) >= 11 is 0. The van der Waals surface area contributed by atoms with Gasteiger partial charge in [-0.15, -0.1) is 0 Å². The maximum atomic E-state index is 2.33. The Morgan fingerprint density at radius 2 is 1.92 bits per heavy atom. The SMILES string of the molecule is CC1=CC(C)[C]2[CH][CH][CH][C]2C(C)=C1. The zero-order chi connectivity index (χ0) is 9.42. The van der Waals surface area contributed by atoms with E-state index >= 15 is 0 Å². The highest BCUT2D eigenvalue weighted by Crippen LogP contribution is 2.45. The van der Waals surface area contributed by atoms with E-state index in [4.69, 9.17) is 0 Å². The second kappa shape index (κ2) is 3.32. The van der Waals surface area contributed by atoms with Crippen LogP contribution in [0.2, 0.25) is 0 Å². The molecule has 0 bridgehead atoms. The summed E-state index contributed by atoms with van der Waals surface area (Å²) in [4.78, 5) is 0. The van der Waals surface area contributed by atoms with Crippen molar-refractivity contribution in [2.75, 3.05) is 0 Å². The van der Waals surface area contributed by atoms with Gasteiger partial charge in [-0.25, -0.2) is 0 Å². The molecule has 1 saturated carbocycles. The first-order valence-corrected chi connectivity index (χ1v) is 4.81. The minimum atomic E-state index is 0.554. The monoisotopic (exact) mass is 171 g/mol. The van der Waals surface area contributed by atoms with E-state index in [1.165, 1.54) is 23.0 Å². The minimum absolute atomic E-state index is 0.554. The van der Waals surface area contributed by atoms with Gasteiger partial charge >= 0.3 is 0 Å². The van der Waals surface area contributed by atoms with Crippen molar-refractivity contribution in [1.82, 2.24) is 0 Å². The standard InChI is InChI=1S/C13H15/c1-9-7-10(2)12-5-4-6-13(12)11(3)8-9/h4-8,10H,1-3H3. The summed E-state index contributed by atoms with van der Waals surface area (Å²) in [7, 11) is 0. The molecule has 0 amide bonds. The Balaban J connectivity index is 2.31. The molecule has 0 aromatic heterocycles. The van der Waals surface area contributed by atoms with Crippen LogP contribution >= 0.6 is 0 Å². The minimum Gasteiger partial charge on any atom is -0.0781 e. The lowest BCUT2D eigenvalue weighted by atomic mass is 9.83. The van der Waals surface area contributed by atoms with Crippen molar-refractivity contribution in [2.24, 2.45) is 5.92 Å². The quantitative estimate of drug-likeness (QED) is 0.524. The molecule has 0 aliphatic heterocycles. The van der Waals surface area contributed by atoms with Crippen LogP contribution in [0.5, 0.6) is 0 Å². The van der Waals surface area contributed by atoms with Gasteiger partial charge < -0.3 is 0 Å². The molecule has 0 N–H and O–H groups in total. The molecule has 1 unspecified atom stereocenters. The number of fused-ring (bicyclic) bond motifs is 1. The summed E-state index contributed by atoms with van der Waals surface area (Å²) in [5.41, 5.74) is 2.76. The molecule has 0 heteroatoms. The molecular weight excluding hydrogens is 156 g/mol. The molecule has 2 rings (SSSR count). The first-order valence-electron chi connectivity index (χ1n) is 4.81. The van der Waals surface area contributed by atoms with E-state index in [-0.39, 0.29) is 0 Å². The lowest BCUT2D eigenvalue weighted by molar-refractivity contribution is 0.766. The third-order valence-electron chi connectivity index (χ3n) is 2.72. The second-order valence-electron chi connectivity index (χ2n) is 3.92. The van der Waals surface area contributed by atoms with Crippen LogP contribution < -0.4 is 0 Å². The molecule has 0 spiro atoms. The van der Waals surface area contributed by atoms with E-state index in [1.807, 2.05) is 0 Å². The van der Waals surface area contributed by atoms with Crippen molar-refractivity contribution in [2.45, 2.75) is 20.8 Å². The lowest BCUT2D eigenvalue weighted by Gasteiger charge is -2.20. The zero-order valence-corrected chi connectivity index (χ0v) is 8.46. The van der Waals surface area contributed by atoms with Gasteiger partial charge in [0.1, 0.15) is 0 Å². The van der Waals surface area contributed by atoms with Gasteiger partial charge in [-0.3, -0.25) is 0 Å². The first-order chi connectivity index (χ1) is 6.18. The van der Waals surface area contributed by atoms with Gasteiger partial charge in [0.25, 0.3) is 0 Å². The van der Waals surface area contributed by atoms with Gasteiger partial charge in [0.15, 0.2) is 0 Å². The van der Waals surface area contributed by atoms with Crippen LogP contribution in [0.3, 0.4) is 0 Å². The fraction of sp³-hybridized carbons (Fsp3) is 0.308. The van der Waals surface area contributed by atoms with Crippen molar-refractivity contribution >= 4 is 0 Å². The Morgan fingerprint density at radius 3 is 2.69 bits per heavy atom. The molecular formula is C13H15. The molecule has 0 heterocycles. The Hall–Kier alpha value is -0.520. The van der Waals surface area contributed by atoms with Crippen LogP contribution in [0.1, 0.15) is 20.8 Å². The summed E-state index contributed by atoms with van der Waals surface area (Å²) in [5.74, 6) is 3.44. The Labute approximate surface area is 81.7 Å². The first kappa shape index (κ1) is 9.05. The van der Waals surface area contributed by atoms with Crippen LogP contribution in [0, 0.1) is 37.0 Å². The average Bonchev–Trinajstić information content (AvgIpc) is 2.47. The molecule has 2 aliphatic carbocycles. The molecule has 0 nitrogen and oxygen atoms in total. The predicted octanol–water partition coefficient (Wildman–Crippen LogP) is 3.30. The van der Waals surface area contributed by atoms with Crippen molar-refractivity contribution < 1.29 is 0 Å². The van der Waals surface area contributed by atoms with E-state index in [2.05, 4.69) is 52.2 Å². The van der Waals surface area contributed by atoms with E-state index in [9.17, 15) is 0 Å². The fourth-order valence-electron chi connectivity index (χ4n) is 2.14. The summed E-state index contributed by atoms with van der Waals surface area (Å²) in [6.07, 6.45) is 11.2. The second-order valence-corrected chi connectivity index (χ2v) is 3.92. The summed E-state index contributed by atoms with van der Waals surface area (Å²) in [6.45, 7) is 6.62. The molecule has 0 aromatic carbocycles. The van der Waals surface area contributed by atoms with Gasteiger partial charge in [-0.05, 0) is 44.9 Å². The van der Waals surface area contributed by atoms with Crippen molar-refractivity contribution in [3.05, 3.63) is 54.4 Å². The third kappa shape index (κ3) is 1.59. The molecule has 13 heavy (non-hydrogen) atoms. The van der Waals surface area contributed by atoms with E-state index in [0.717, 1.165) is 0 Å². The van der Waals surface area contributed by atoms with Crippen LogP contribution in [-0.4, -0.2) is 0 Å². The maximum Gasteiger partial charge on any atom is 0.0119 e. The molecule has 0 aromatic rings. The summed E-state index contributed by atoms with van der Waals surface area (Å²) in [5, 5.41) is 0. The highest BCUT2D eigenvalue weighted by Gasteiger charge is 2.34. The predicted molar refractivity (Wildman–Crippen MR) is 56.1 cm³/mol. The van der Waals surface area contributed by atoms with Crippen molar-refractivity contribution in [1.29, 1.82) is 0 Å². The fourth-order valence-corrected chi connectivity index (χ4v) is 2.14. The Kier molecular flexibility index (Phi) is 2.31. The molecule has 67 valence electrons. The number of hydrogen-bond donors (Lipinski definition) is 0.